The molecular formula is C13H22ClNO2S. The van der Waals surface area contributed by atoms with Crippen molar-refractivity contribution in [1.82, 2.24) is 4.98 Å². The molecule has 1 unspecified atom stereocenters. The Kier molecular flexibility index (Phi) is 6.57. The third-order valence-corrected chi connectivity index (χ3v) is 3.55. The Morgan fingerprint density at radius 2 is 2.11 bits per heavy atom. The summed E-state index contributed by atoms with van der Waals surface area (Å²) in [4.78, 5) is 4.45. The Hall–Kier alpha value is -0.160. The van der Waals surface area contributed by atoms with E-state index in [4.69, 9.17) is 21.1 Å². The fourth-order valence-corrected chi connectivity index (χ4v) is 2.61. The molecule has 0 N–H and O–H groups in total. The summed E-state index contributed by atoms with van der Waals surface area (Å²) in [6, 6.07) is 0. The standard InChI is InChI=1S/C13H22ClNO2S/c1-5-11(12-15-10(8-14)9-18-12)16-6-7-17-13(2,3)4/h9,11H,5-8H2,1-4H3. The van der Waals surface area contributed by atoms with Crippen molar-refractivity contribution in [2.45, 2.75) is 51.7 Å². The topological polar surface area (TPSA) is 31.4 Å². The monoisotopic (exact) mass is 291 g/mol. The molecule has 1 aromatic heterocycles. The Balaban J connectivity index is 2.38. The Labute approximate surface area is 118 Å². The highest BCUT2D eigenvalue weighted by Crippen LogP contribution is 2.25. The summed E-state index contributed by atoms with van der Waals surface area (Å²) >= 11 is 7.36. The molecule has 0 radical (unpaired) electrons. The predicted molar refractivity (Wildman–Crippen MR) is 76.4 cm³/mol. The van der Waals surface area contributed by atoms with Crippen molar-refractivity contribution >= 4 is 22.9 Å². The van der Waals surface area contributed by atoms with E-state index in [-0.39, 0.29) is 11.7 Å². The van der Waals surface area contributed by atoms with Gasteiger partial charge in [-0.2, -0.15) is 0 Å². The van der Waals surface area contributed by atoms with Crippen LogP contribution in [0.4, 0.5) is 0 Å². The molecule has 0 aliphatic rings. The van der Waals surface area contributed by atoms with E-state index in [1.165, 1.54) is 0 Å². The number of thiazole rings is 1. The maximum atomic E-state index is 5.81. The first-order valence-corrected chi connectivity index (χ1v) is 7.63. The van der Waals surface area contributed by atoms with Crippen LogP contribution < -0.4 is 0 Å². The van der Waals surface area contributed by atoms with Gasteiger partial charge in [0.1, 0.15) is 11.1 Å². The van der Waals surface area contributed by atoms with Gasteiger partial charge in [0.05, 0.1) is 30.4 Å². The first-order chi connectivity index (χ1) is 8.46. The van der Waals surface area contributed by atoms with Gasteiger partial charge in [-0.05, 0) is 27.2 Å². The molecule has 104 valence electrons. The van der Waals surface area contributed by atoms with E-state index >= 15 is 0 Å². The Morgan fingerprint density at radius 1 is 1.39 bits per heavy atom. The summed E-state index contributed by atoms with van der Waals surface area (Å²) in [7, 11) is 0. The summed E-state index contributed by atoms with van der Waals surface area (Å²) in [6.45, 7) is 9.41. The molecule has 1 atom stereocenters. The van der Waals surface area contributed by atoms with E-state index in [0.717, 1.165) is 17.1 Å². The van der Waals surface area contributed by atoms with Crippen molar-refractivity contribution in [1.29, 1.82) is 0 Å². The maximum absolute atomic E-state index is 5.81. The number of halogens is 1. The van der Waals surface area contributed by atoms with Crippen LogP contribution in [-0.4, -0.2) is 23.8 Å². The smallest absolute Gasteiger partial charge is 0.122 e. The average molecular weight is 292 g/mol. The van der Waals surface area contributed by atoms with Crippen molar-refractivity contribution in [3.8, 4) is 0 Å². The summed E-state index contributed by atoms with van der Waals surface area (Å²) in [5, 5.41) is 2.99. The summed E-state index contributed by atoms with van der Waals surface area (Å²) in [5.74, 6) is 0.458. The van der Waals surface area contributed by atoms with Crippen LogP contribution in [0.2, 0.25) is 0 Å². The second kappa shape index (κ2) is 7.43. The van der Waals surface area contributed by atoms with Gasteiger partial charge < -0.3 is 9.47 Å². The number of aromatic nitrogens is 1. The van der Waals surface area contributed by atoms with Gasteiger partial charge in [0, 0.05) is 5.38 Å². The van der Waals surface area contributed by atoms with Gasteiger partial charge in [0.25, 0.3) is 0 Å². The van der Waals surface area contributed by atoms with E-state index in [2.05, 4.69) is 11.9 Å². The summed E-state index contributed by atoms with van der Waals surface area (Å²) in [6.07, 6.45) is 0.959. The van der Waals surface area contributed by atoms with Crippen LogP contribution in [0.25, 0.3) is 0 Å². The molecule has 0 fully saturated rings. The molecule has 0 saturated heterocycles. The number of nitrogens with zero attached hydrogens (tertiary/aromatic N) is 1. The Bertz CT molecular complexity index is 349. The minimum Gasteiger partial charge on any atom is -0.373 e. The van der Waals surface area contributed by atoms with E-state index in [1.807, 2.05) is 26.2 Å². The van der Waals surface area contributed by atoms with Gasteiger partial charge in [0.2, 0.25) is 0 Å². The first-order valence-electron chi connectivity index (χ1n) is 6.22. The highest BCUT2D eigenvalue weighted by Gasteiger charge is 2.15. The van der Waals surface area contributed by atoms with Crippen LogP contribution in [0.5, 0.6) is 0 Å². The van der Waals surface area contributed by atoms with E-state index < -0.39 is 0 Å². The number of ether oxygens (including phenoxy) is 2. The quantitative estimate of drug-likeness (QED) is 0.558. The molecule has 1 aromatic rings. The van der Waals surface area contributed by atoms with Gasteiger partial charge in [-0.3, -0.25) is 0 Å². The SMILES string of the molecule is CCC(OCCOC(C)(C)C)c1nc(CCl)cs1. The third kappa shape index (κ3) is 5.65. The molecule has 5 heteroatoms. The normalized spacial score (nSPS) is 13.8. The molecule has 18 heavy (non-hydrogen) atoms. The predicted octanol–water partition coefficient (Wildman–Crippen LogP) is 4.16. The van der Waals surface area contributed by atoms with Crippen LogP contribution in [-0.2, 0) is 15.4 Å². The second-order valence-electron chi connectivity index (χ2n) is 5.04. The zero-order valence-electron chi connectivity index (χ0n) is 11.5. The van der Waals surface area contributed by atoms with Crippen LogP contribution in [0, 0.1) is 0 Å². The van der Waals surface area contributed by atoms with Crippen molar-refractivity contribution in [2.24, 2.45) is 0 Å². The summed E-state index contributed by atoms with van der Waals surface area (Å²) < 4.78 is 11.4. The van der Waals surface area contributed by atoms with E-state index in [1.54, 1.807) is 11.3 Å². The molecule has 0 spiro atoms. The second-order valence-corrected chi connectivity index (χ2v) is 6.20. The Morgan fingerprint density at radius 3 is 2.61 bits per heavy atom. The minimum absolute atomic E-state index is 0.0514. The van der Waals surface area contributed by atoms with Gasteiger partial charge in [0.15, 0.2) is 0 Å². The number of hydrogen-bond donors (Lipinski definition) is 0. The van der Waals surface area contributed by atoms with Gasteiger partial charge in [-0.15, -0.1) is 22.9 Å². The molecule has 1 heterocycles. The fourth-order valence-electron chi connectivity index (χ4n) is 1.43. The number of alkyl halides is 1. The lowest BCUT2D eigenvalue weighted by molar-refractivity contribution is -0.0529. The molecule has 0 aliphatic carbocycles. The molecular weight excluding hydrogens is 270 g/mol. The van der Waals surface area contributed by atoms with Crippen LogP contribution >= 0.6 is 22.9 Å². The van der Waals surface area contributed by atoms with Gasteiger partial charge >= 0.3 is 0 Å². The van der Waals surface area contributed by atoms with E-state index in [9.17, 15) is 0 Å². The molecule has 1 rings (SSSR count). The van der Waals surface area contributed by atoms with Gasteiger partial charge in [-0.1, -0.05) is 6.92 Å². The van der Waals surface area contributed by atoms with Crippen LogP contribution in [0.15, 0.2) is 5.38 Å². The maximum Gasteiger partial charge on any atom is 0.122 e. The van der Waals surface area contributed by atoms with Crippen LogP contribution in [0.1, 0.15) is 50.9 Å². The molecule has 0 aliphatic heterocycles. The average Bonchev–Trinajstić information content (AvgIpc) is 2.76. The van der Waals surface area contributed by atoms with Crippen molar-refractivity contribution in [2.75, 3.05) is 13.2 Å². The summed E-state index contributed by atoms with van der Waals surface area (Å²) in [5.41, 5.74) is 0.808. The fraction of sp³-hybridized carbons (Fsp3) is 0.769. The van der Waals surface area contributed by atoms with Crippen molar-refractivity contribution in [3.63, 3.8) is 0 Å². The lowest BCUT2D eigenvalue weighted by Gasteiger charge is -2.20. The number of rotatable bonds is 7. The molecule has 0 amide bonds. The van der Waals surface area contributed by atoms with Crippen molar-refractivity contribution < 1.29 is 9.47 Å². The van der Waals surface area contributed by atoms with E-state index in [0.29, 0.717) is 19.1 Å². The minimum atomic E-state index is -0.113. The van der Waals surface area contributed by atoms with Gasteiger partial charge in [-0.25, -0.2) is 4.98 Å². The zero-order valence-corrected chi connectivity index (χ0v) is 13.1. The lowest BCUT2D eigenvalue weighted by Crippen LogP contribution is -2.22. The molecule has 0 bridgehead atoms. The first kappa shape index (κ1) is 15.9. The highest BCUT2D eigenvalue weighted by atomic mass is 35.5. The third-order valence-electron chi connectivity index (χ3n) is 2.29. The lowest BCUT2D eigenvalue weighted by atomic mass is 10.2. The largest absolute Gasteiger partial charge is 0.373 e. The van der Waals surface area contributed by atoms with Crippen LogP contribution in [0.3, 0.4) is 0 Å². The molecule has 0 saturated carbocycles. The molecule has 0 aromatic carbocycles. The number of hydrogen-bond acceptors (Lipinski definition) is 4. The highest BCUT2D eigenvalue weighted by molar-refractivity contribution is 7.09. The molecule has 3 nitrogen and oxygen atoms in total. The zero-order chi connectivity index (χ0) is 13.6. The van der Waals surface area contributed by atoms with Crippen molar-refractivity contribution in [3.05, 3.63) is 16.1 Å².